The fourth-order valence-electron chi connectivity index (χ4n) is 4.66. The second-order valence-electron chi connectivity index (χ2n) is 8.34. The van der Waals surface area contributed by atoms with Gasteiger partial charge in [0, 0.05) is 18.8 Å². The summed E-state index contributed by atoms with van der Waals surface area (Å²) in [6.07, 6.45) is 10.9. The third-order valence-corrected chi connectivity index (χ3v) is 6.27. The number of nitrogens with zero attached hydrogens (tertiary/aromatic N) is 2. The molecule has 1 aromatic carbocycles. The van der Waals surface area contributed by atoms with Gasteiger partial charge in [-0.25, -0.2) is 0 Å². The summed E-state index contributed by atoms with van der Waals surface area (Å²) < 4.78 is 1.92. The van der Waals surface area contributed by atoms with Gasteiger partial charge in [0.2, 0.25) is 11.8 Å². The number of carbonyl (C=O) groups is 2. The van der Waals surface area contributed by atoms with E-state index in [2.05, 4.69) is 17.4 Å². The van der Waals surface area contributed by atoms with Crippen LogP contribution in [0.15, 0.2) is 48.7 Å². The van der Waals surface area contributed by atoms with Crippen molar-refractivity contribution in [2.45, 2.75) is 70.0 Å². The minimum absolute atomic E-state index is 0.0162. The first-order chi connectivity index (χ1) is 14.2. The van der Waals surface area contributed by atoms with E-state index in [4.69, 9.17) is 0 Å². The first-order valence-corrected chi connectivity index (χ1v) is 11.0. The number of carbonyl (C=O) groups excluding carboxylic acids is 2. The fraction of sp³-hybridized carbons (Fsp3) is 0.500. The quantitative estimate of drug-likeness (QED) is 0.839. The van der Waals surface area contributed by atoms with E-state index in [9.17, 15) is 9.59 Å². The Balaban J connectivity index is 1.51. The summed E-state index contributed by atoms with van der Waals surface area (Å²) >= 11 is 0. The van der Waals surface area contributed by atoms with Crippen molar-refractivity contribution >= 4 is 11.8 Å². The van der Waals surface area contributed by atoms with Gasteiger partial charge < -0.3 is 14.8 Å². The molecule has 29 heavy (non-hydrogen) atoms. The highest BCUT2D eigenvalue weighted by atomic mass is 16.2. The third-order valence-electron chi connectivity index (χ3n) is 6.27. The molecule has 154 valence electrons. The van der Waals surface area contributed by atoms with E-state index in [1.165, 1.54) is 37.7 Å². The molecule has 5 heteroatoms. The summed E-state index contributed by atoms with van der Waals surface area (Å²) in [6.45, 7) is 0.862. The standard InChI is InChI=1S/C24H31N3O2/c28-22-18-26-16-9-14-21(26)23(27(22)17-15-19-10-5-4-6-11-19)24(29)25-20-12-7-2-1-3-8-13-20/h4-6,9-11,14,16,20,23H,1-3,7-8,12-13,15,17-18H2,(H,25,29)/t23-/m1/s1. The van der Waals surface area contributed by atoms with Gasteiger partial charge in [0.05, 0.1) is 5.69 Å². The van der Waals surface area contributed by atoms with Crippen molar-refractivity contribution in [1.29, 1.82) is 0 Å². The molecule has 2 aliphatic rings. The summed E-state index contributed by atoms with van der Waals surface area (Å²) in [6, 6.07) is 13.7. The van der Waals surface area contributed by atoms with Crippen LogP contribution in [0.25, 0.3) is 0 Å². The topological polar surface area (TPSA) is 54.3 Å². The Morgan fingerprint density at radius 3 is 2.45 bits per heavy atom. The van der Waals surface area contributed by atoms with Gasteiger partial charge in [-0.15, -0.1) is 0 Å². The van der Waals surface area contributed by atoms with E-state index >= 15 is 0 Å². The molecule has 0 saturated heterocycles. The van der Waals surface area contributed by atoms with E-state index in [1.54, 1.807) is 4.90 Å². The molecule has 1 aliphatic carbocycles. The molecular formula is C24H31N3O2. The molecule has 0 spiro atoms. The van der Waals surface area contributed by atoms with Crippen molar-refractivity contribution in [2.75, 3.05) is 6.54 Å². The van der Waals surface area contributed by atoms with Gasteiger partial charge in [-0.3, -0.25) is 9.59 Å². The monoisotopic (exact) mass is 393 g/mol. The Hall–Kier alpha value is -2.56. The second-order valence-corrected chi connectivity index (χ2v) is 8.34. The molecule has 0 unspecified atom stereocenters. The molecule has 0 radical (unpaired) electrons. The van der Waals surface area contributed by atoms with Gasteiger partial charge >= 0.3 is 0 Å². The molecule has 1 saturated carbocycles. The lowest BCUT2D eigenvalue weighted by atomic mass is 9.96. The van der Waals surface area contributed by atoms with E-state index in [-0.39, 0.29) is 17.9 Å². The zero-order valence-electron chi connectivity index (χ0n) is 17.1. The fourth-order valence-corrected chi connectivity index (χ4v) is 4.66. The number of hydrogen-bond acceptors (Lipinski definition) is 2. The van der Waals surface area contributed by atoms with Gasteiger partial charge in [0.25, 0.3) is 0 Å². The molecule has 5 nitrogen and oxygen atoms in total. The molecule has 1 N–H and O–H groups in total. The van der Waals surface area contributed by atoms with Crippen LogP contribution in [0.2, 0.25) is 0 Å². The van der Waals surface area contributed by atoms with Crippen LogP contribution in [-0.2, 0) is 22.6 Å². The number of amides is 2. The average Bonchev–Trinajstić information content (AvgIpc) is 3.16. The summed E-state index contributed by atoms with van der Waals surface area (Å²) in [5.74, 6) is -0.0147. The van der Waals surface area contributed by atoms with Gasteiger partial charge in [-0.05, 0) is 37.0 Å². The molecule has 2 heterocycles. The zero-order valence-corrected chi connectivity index (χ0v) is 17.1. The van der Waals surface area contributed by atoms with Crippen LogP contribution >= 0.6 is 0 Å². The SMILES string of the molecule is O=C(NC1CCCCCCC1)[C@H]1c2cccn2CC(=O)N1CCc1ccccc1. The molecule has 1 aromatic heterocycles. The summed E-state index contributed by atoms with van der Waals surface area (Å²) in [5.41, 5.74) is 2.10. The molecule has 4 rings (SSSR count). The second kappa shape index (κ2) is 9.29. The highest BCUT2D eigenvalue weighted by molar-refractivity contribution is 5.90. The number of rotatable bonds is 5. The number of nitrogens with one attached hydrogen (secondary N) is 1. The van der Waals surface area contributed by atoms with Crippen LogP contribution in [0.3, 0.4) is 0 Å². The minimum atomic E-state index is -0.541. The summed E-state index contributed by atoms with van der Waals surface area (Å²) in [7, 11) is 0. The predicted octanol–water partition coefficient (Wildman–Crippen LogP) is 3.84. The highest BCUT2D eigenvalue weighted by Gasteiger charge is 2.37. The largest absolute Gasteiger partial charge is 0.351 e. The first-order valence-electron chi connectivity index (χ1n) is 11.0. The van der Waals surface area contributed by atoms with E-state index < -0.39 is 6.04 Å². The maximum Gasteiger partial charge on any atom is 0.249 e. The van der Waals surface area contributed by atoms with Crippen molar-refractivity contribution in [3.63, 3.8) is 0 Å². The van der Waals surface area contributed by atoms with Crippen LogP contribution < -0.4 is 5.32 Å². The number of aromatic nitrogens is 1. The predicted molar refractivity (Wildman–Crippen MR) is 113 cm³/mol. The number of fused-ring (bicyclic) bond motifs is 1. The van der Waals surface area contributed by atoms with Crippen molar-refractivity contribution in [3.05, 3.63) is 59.9 Å². The van der Waals surface area contributed by atoms with Gasteiger partial charge in [0.15, 0.2) is 6.04 Å². The highest BCUT2D eigenvalue weighted by Crippen LogP contribution is 2.28. The Morgan fingerprint density at radius 1 is 0.966 bits per heavy atom. The molecule has 2 aromatic rings. The molecule has 1 aliphatic heterocycles. The molecule has 1 fully saturated rings. The lowest BCUT2D eigenvalue weighted by molar-refractivity contribution is -0.144. The van der Waals surface area contributed by atoms with Gasteiger partial charge in [-0.1, -0.05) is 62.4 Å². The van der Waals surface area contributed by atoms with Crippen LogP contribution in [0.5, 0.6) is 0 Å². The Bertz CT molecular complexity index is 822. The van der Waals surface area contributed by atoms with Crippen molar-refractivity contribution in [3.8, 4) is 0 Å². The molecule has 2 amide bonds. The lowest BCUT2D eigenvalue weighted by Gasteiger charge is -2.37. The molecular weight excluding hydrogens is 362 g/mol. The molecule has 1 atom stereocenters. The van der Waals surface area contributed by atoms with Crippen LogP contribution in [0, 0.1) is 0 Å². The van der Waals surface area contributed by atoms with Crippen LogP contribution in [-0.4, -0.2) is 33.9 Å². The minimum Gasteiger partial charge on any atom is -0.351 e. The normalized spacial score (nSPS) is 20.6. The summed E-state index contributed by atoms with van der Waals surface area (Å²) in [4.78, 5) is 28.1. The Kier molecular flexibility index (Phi) is 6.33. The Labute approximate surface area is 173 Å². The van der Waals surface area contributed by atoms with Gasteiger partial charge in [0.1, 0.15) is 6.54 Å². The van der Waals surface area contributed by atoms with E-state index in [0.717, 1.165) is 25.0 Å². The van der Waals surface area contributed by atoms with E-state index in [1.807, 2.05) is 41.1 Å². The Morgan fingerprint density at radius 2 is 1.69 bits per heavy atom. The zero-order chi connectivity index (χ0) is 20.1. The number of hydrogen-bond donors (Lipinski definition) is 1. The van der Waals surface area contributed by atoms with E-state index in [0.29, 0.717) is 13.1 Å². The lowest BCUT2D eigenvalue weighted by Crippen LogP contribution is -2.51. The maximum atomic E-state index is 13.4. The number of benzene rings is 1. The summed E-state index contributed by atoms with van der Waals surface area (Å²) in [5, 5.41) is 3.29. The molecule has 0 bridgehead atoms. The van der Waals surface area contributed by atoms with Crippen molar-refractivity contribution in [2.24, 2.45) is 0 Å². The first kappa shape index (κ1) is 19.7. The van der Waals surface area contributed by atoms with Crippen LogP contribution in [0.4, 0.5) is 0 Å². The average molecular weight is 394 g/mol. The van der Waals surface area contributed by atoms with Crippen molar-refractivity contribution < 1.29 is 9.59 Å². The van der Waals surface area contributed by atoms with Gasteiger partial charge in [-0.2, -0.15) is 0 Å². The van der Waals surface area contributed by atoms with Crippen LogP contribution in [0.1, 0.15) is 62.2 Å². The third kappa shape index (κ3) is 4.72. The maximum absolute atomic E-state index is 13.4. The van der Waals surface area contributed by atoms with Crippen molar-refractivity contribution in [1.82, 2.24) is 14.8 Å². The smallest absolute Gasteiger partial charge is 0.249 e.